The predicted molar refractivity (Wildman–Crippen MR) is 133 cm³/mol. The second-order valence-corrected chi connectivity index (χ2v) is 9.15. The maximum atomic E-state index is 12.1. The number of carbonyl (C=O) groups excluding carboxylic acids is 1. The summed E-state index contributed by atoms with van der Waals surface area (Å²) in [6, 6.07) is 19.2. The molecule has 0 unspecified atom stereocenters. The highest BCUT2D eigenvalue weighted by Crippen LogP contribution is 2.42. The molecule has 2 saturated heterocycles. The Hall–Kier alpha value is -4.13. The summed E-state index contributed by atoms with van der Waals surface area (Å²) in [6.45, 7) is 3.24. The van der Waals surface area contributed by atoms with Gasteiger partial charge in [-0.2, -0.15) is 0 Å². The molecule has 0 saturated carbocycles. The molecule has 2 fully saturated rings. The highest BCUT2D eigenvalue weighted by molar-refractivity contribution is 6.07. The Morgan fingerprint density at radius 3 is 2.54 bits per heavy atom. The molecule has 0 amide bonds. The summed E-state index contributed by atoms with van der Waals surface area (Å²) in [4.78, 5) is 26.2. The number of hydrogen-bond donors (Lipinski definition) is 1. The first-order chi connectivity index (χ1) is 17.0. The number of carboxylic acids is 1. The SMILES string of the molecule is COC(=O)C1C[N+](=c2ccc3c(-c4ccccc4C(=O)O)c4ccc(N5CCC5)cc4oc-3c2)C1. The highest BCUT2D eigenvalue weighted by Gasteiger charge is 2.38. The summed E-state index contributed by atoms with van der Waals surface area (Å²) in [5, 5.41) is 11.7. The van der Waals surface area contributed by atoms with Crippen molar-refractivity contribution < 1.29 is 23.8 Å². The van der Waals surface area contributed by atoms with Gasteiger partial charge in [-0.15, -0.1) is 0 Å². The molecule has 1 N–H and O–H groups in total. The molecule has 0 aromatic heterocycles. The zero-order valence-electron chi connectivity index (χ0n) is 19.4. The minimum atomic E-state index is -0.967. The largest absolute Gasteiger partial charge is 0.478 e. The van der Waals surface area contributed by atoms with Crippen molar-refractivity contribution in [2.24, 2.45) is 5.92 Å². The number of carbonyl (C=O) groups is 2. The van der Waals surface area contributed by atoms with Crippen LogP contribution in [0.1, 0.15) is 16.8 Å². The second kappa shape index (κ2) is 8.27. The van der Waals surface area contributed by atoms with Crippen LogP contribution in [0.3, 0.4) is 0 Å². The second-order valence-electron chi connectivity index (χ2n) is 9.15. The molecule has 0 radical (unpaired) electrons. The number of aromatic carboxylic acids is 1. The summed E-state index contributed by atoms with van der Waals surface area (Å²) in [7, 11) is 1.41. The molecule has 0 bridgehead atoms. The molecule has 6 rings (SSSR count). The molecule has 7 heteroatoms. The lowest BCUT2D eigenvalue weighted by Gasteiger charge is -2.33. The topological polar surface area (TPSA) is 83.0 Å². The van der Waals surface area contributed by atoms with Crippen LogP contribution in [0.25, 0.3) is 33.4 Å². The Bertz CT molecular complexity index is 1520. The molecule has 7 nitrogen and oxygen atoms in total. The lowest BCUT2D eigenvalue weighted by molar-refractivity contribution is -0.147. The van der Waals surface area contributed by atoms with Crippen LogP contribution in [0.4, 0.5) is 5.69 Å². The van der Waals surface area contributed by atoms with Gasteiger partial charge in [-0.1, -0.05) is 18.2 Å². The molecular weight excluding hydrogens is 444 g/mol. The molecule has 3 heterocycles. The van der Waals surface area contributed by atoms with Gasteiger partial charge in [0.1, 0.15) is 11.3 Å². The van der Waals surface area contributed by atoms with Gasteiger partial charge in [0.2, 0.25) is 5.36 Å². The van der Waals surface area contributed by atoms with Gasteiger partial charge in [0.25, 0.3) is 0 Å². The fourth-order valence-electron chi connectivity index (χ4n) is 5.02. The Morgan fingerprint density at radius 1 is 1.03 bits per heavy atom. The molecule has 2 aromatic carbocycles. The third-order valence-corrected chi connectivity index (χ3v) is 7.12. The van der Waals surface area contributed by atoms with Crippen molar-refractivity contribution in [2.45, 2.75) is 6.42 Å². The van der Waals surface area contributed by atoms with E-state index in [1.165, 1.54) is 13.5 Å². The molecule has 3 aliphatic heterocycles. The van der Waals surface area contributed by atoms with Crippen molar-refractivity contribution in [3.8, 4) is 22.5 Å². The van der Waals surface area contributed by atoms with Crippen LogP contribution in [0.2, 0.25) is 0 Å². The van der Waals surface area contributed by atoms with Crippen LogP contribution in [0.5, 0.6) is 0 Å². The standard InChI is InChI=1S/C28H24N2O5/c1-34-28(33)17-15-30(16-17)19-8-10-23-25(14-19)35-24-13-18(29-11-4-12-29)7-9-22(24)26(23)20-5-2-3-6-21(20)27(31)32/h2-3,5-10,13-14,17H,4,11-12,15-16H2,1H3/p+1. The Labute approximate surface area is 201 Å². The zero-order valence-corrected chi connectivity index (χ0v) is 19.4. The van der Waals surface area contributed by atoms with E-state index in [1.54, 1.807) is 12.1 Å². The highest BCUT2D eigenvalue weighted by atomic mass is 16.5. The summed E-state index contributed by atoms with van der Waals surface area (Å²) < 4.78 is 13.4. The Balaban J connectivity index is 1.58. The fourth-order valence-corrected chi connectivity index (χ4v) is 5.02. The van der Waals surface area contributed by atoms with Crippen LogP contribution >= 0.6 is 0 Å². The number of carboxylic acid groups (broad SMARTS) is 1. The number of rotatable bonds is 4. The number of fused-ring (bicyclic) bond motifs is 2. The van der Waals surface area contributed by atoms with E-state index in [1.807, 2.05) is 42.5 Å². The first kappa shape index (κ1) is 21.4. The molecule has 0 spiro atoms. The number of methoxy groups -OCH3 is 1. The van der Waals surface area contributed by atoms with Gasteiger partial charge in [0.15, 0.2) is 19.0 Å². The van der Waals surface area contributed by atoms with Crippen molar-refractivity contribution in [2.75, 3.05) is 38.2 Å². The lowest BCUT2D eigenvalue weighted by atomic mass is 9.90. The first-order valence-corrected chi connectivity index (χ1v) is 11.8. The Kier molecular flexibility index (Phi) is 5.06. The van der Waals surface area contributed by atoms with Crippen LogP contribution in [0.15, 0.2) is 65.1 Å². The van der Waals surface area contributed by atoms with Gasteiger partial charge in [0, 0.05) is 47.4 Å². The number of esters is 1. The van der Waals surface area contributed by atoms with Gasteiger partial charge in [-0.05, 0) is 36.2 Å². The van der Waals surface area contributed by atoms with Gasteiger partial charge in [0.05, 0.1) is 18.7 Å². The van der Waals surface area contributed by atoms with E-state index in [0.29, 0.717) is 30.0 Å². The van der Waals surface area contributed by atoms with E-state index >= 15 is 0 Å². The molecule has 2 aromatic rings. The van der Waals surface area contributed by atoms with Crippen molar-refractivity contribution in [3.05, 3.63) is 71.6 Å². The first-order valence-electron chi connectivity index (χ1n) is 11.8. The van der Waals surface area contributed by atoms with Crippen molar-refractivity contribution in [1.29, 1.82) is 0 Å². The van der Waals surface area contributed by atoms with Crippen molar-refractivity contribution in [1.82, 2.24) is 4.58 Å². The van der Waals surface area contributed by atoms with E-state index in [4.69, 9.17) is 9.15 Å². The summed E-state index contributed by atoms with van der Waals surface area (Å²) in [5.41, 5.74) is 4.41. The summed E-state index contributed by atoms with van der Waals surface area (Å²) in [5.74, 6) is -0.608. The molecular formula is C28H25N2O5+. The monoisotopic (exact) mass is 469 g/mol. The number of benzene rings is 3. The third kappa shape index (κ3) is 3.55. The van der Waals surface area contributed by atoms with Gasteiger partial charge in [-0.3, -0.25) is 4.79 Å². The fraction of sp³-hybridized carbons (Fsp3) is 0.250. The molecule has 1 aliphatic carbocycles. The van der Waals surface area contributed by atoms with Gasteiger partial charge in [-0.25, -0.2) is 9.37 Å². The zero-order chi connectivity index (χ0) is 24.1. The summed E-state index contributed by atoms with van der Waals surface area (Å²) in [6.07, 6.45) is 1.18. The average Bonchev–Trinajstić information content (AvgIpc) is 2.80. The van der Waals surface area contributed by atoms with Crippen molar-refractivity contribution >= 4 is 28.6 Å². The normalized spacial score (nSPS) is 17.2. The number of anilines is 1. The quantitative estimate of drug-likeness (QED) is 0.279. The van der Waals surface area contributed by atoms with Crippen molar-refractivity contribution in [3.63, 3.8) is 0 Å². The molecule has 35 heavy (non-hydrogen) atoms. The van der Waals surface area contributed by atoms with E-state index < -0.39 is 5.97 Å². The van der Waals surface area contributed by atoms with Crippen LogP contribution in [0, 0.1) is 5.92 Å². The Morgan fingerprint density at radius 2 is 1.83 bits per heavy atom. The van der Waals surface area contributed by atoms with Gasteiger partial charge >= 0.3 is 11.9 Å². The molecule has 4 aliphatic rings. The van der Waals surface area contributed by atoms with E-state index in [0.717, 1.165) is 40.6 Å². The summed E-state index contributed by atoms with van der Waals surface area (Å²) >= 11 is 0. The minimum absolute atomic E-state index is 0.124. The maximum absolute atomic E-state index is 12.1. The lowest BCUT2D eigenvalue weighted by Crippen LogP contribution is -2.52. The number of hydrogen-bond acceptors (Lipinski definition) is 5. The van der Waals surface area contributed by atoms with Crippen LogP contribution in [-0.2, 0) is 9.53 Å². The third-order valence-electron chi connectivity index (χ3n) is 7.12. The average molecular weight is 470 g/mol. The molecule has 0 atom stereocenters. The van der Waals surface area contributed by atoms with E-state index in [-0.39, 0.29) is 17.5 Å². The van der Waals surface area contributed by atoms with E-state index in [9.17, 15) is 14.7 Å². The maximum Gasteiger partial charge on any atom is 0.336 e. The minimum Gasteiger partial charge on any atom is -0.478 e. The number of ether oxygens (including phenoxy) is 1. The van der Waals surface area contributed by atoms with E-state index in [2.05, 4.69) is 15.5 Å². The smallest absolute Gasteiger partial charge is 0.336 e. The van der Waals surface area contributed by atoms with Gasteiger partial charge < -0.3 is 19.2 Å². The number of nitrogens with zero attached hydrogens (tertiary/aromatic N) is 2. The molecule has 176 valence electrons. The predicted octanol–water partition coefficient (Wildman–Crippen LogP) is 3.69. The van der Waals surface area contributed by atoms with Crippen LogP contribution < -0.4 is 14.8 Å². The van der Waals surface area contributed by atoms with Crippen LogP contribution in [-0.4, -0.2) is 50.3 Å².